The van der Waals surface area contributed by atoms with E-state index >= 15 is 0 Å². The monoisotopic (exact) mass is 344 g/mol. The molecule has 0 atom stereocenters. The van der Waals surface area contributed by atoms with Crippen LogP contribution in [0.4, 0.5) is 8.78 Å². The van der Waals surface area contributed by atoms with Crippen LogP contribution in [-0.4, -0.2) is 35.8 Å². The van der Waals surface area contributed by atoms with Gasteiger partial charge in [-0.2, -0.15) is 8.78 Å². The van der Waals surface area contributed by atoms with Crippen LogP contribution in [0.25, 0.3) is 0 Å². The van der Waals surface area contributed by atoms with Crippen LogP contribution >= 0.6 is 0 Å². The van der Waals surface area contributed by atoms with E-state index in [9.17, 15) is 13.6 Å². The molecule has 3 aliphatic carbocycles. The van der Waals surface area contributed by atoms with E-state index in [-0.39, 0.29) is 19.3 Å². The topological polar surface area (TPSA) is 44.8 Å². The third-order valence-corrected chi connectivity index (χ3v) is 6.15. The largest absolute Gasteiger partial charge is 0.464 e. The molecule has 7 heteroatoms. The summed E-state index contributed by atoms with van der Waals surface area (Å²) in [6.45, 7) is 12.6. The van der Waals surface area contributed by atoms with Crippen LogP contribution < -0.4 is 0 Å². The predicted octanol–water partition coefficient (Wildman–Crippen LogP) is 3.98. The van der Waals surface area contributed by atoms with Crippen LogP contribution in [0.15, 0.2) is 0 Å². The highest BCUT2D eigenvalue weighted by atomic mass is 19.3. The lowest BCUT2D eigenvalue weighted by Gasteiger charge is -2.71. The first-order valence-corrected chi connectivity index (χ1v) is 8.53. The number of alkyl halides is 2. The van der Waals surface area contributed by atoms with E-state index < -0.39 is 46.5 Å². The summed E-state index contributed by atoms with van der Waals surface area (Å²) in [5.41, 5.74) is -3.17. The molecule has 1 aliphatic heterocycles. The van der Waals surface area contributed by atoms with Crippen molar-refractivity contribution < 1.29 is 27.6 Å². The van der Waals surface area contributed by atoms with Gasteiger partial charge in [-0.1, -0.05) is 0 Å². The Bertz CT molecular complexity index is 544. The Morgan fingerprint density at radius 3 is 1.79 bits per heavy atom. The Kier molecular flexibility index (Phi) is 3.42. The summed E-state index contributed by atoms with van der Waals surface area (Å²) in [4.78, 5) is 11.9. The summed E-state index contributed by atoms with van der Waals surface area (Å²) >= 11 is 0. The van der Waals surface area contributed by atoms with E-state index in [0.717, 1.165) is 0 Å². The quantitative estimate of drug-likeness (QED) is 0.574. The molecule has 0 aromatic carbocycles. The zero-order valence-corrected chi connectivity index (χ0v) is 15.6. The molecule has 2 bridgehead atoms. The van der Waals surface area contributed by atoms with Crippen molar-refractivity contribution in [1.29, 1.82) is 0 Å². The van der Waals surface area contributed by atoms with Crippen molar-refractivity contribution in [3.63, 3.8) is 0 Å². The molecular weight excluding hydrogens is 317 g/mol. The van der Waals surface area contributed by atoms with Gasteiger partial charge in [0, 0.05) is 10.7 Å². The Balaban J connectivity index is 1.68. The van der Waals surface area contributed by atoms with Crippen LogP contribution in [0.2, 0.25) is 5.31 Å². The fourth-order valence-corrected chi connectivity index (χ4v) is 4.10. The van der Waals surface area contributed by atoms with Gasteiger partial charge >= 0.3 is 19.0 Å². The summed E-state index contributed by atoms with van der Waals surface area (Å²) < 4.78 is 46.2. The highest BCUT2D eigenvalue weighted by molar-refractivity contribution is 6.51. The molecule has 4 nitrogen and oxygen atoms in total. The SMILES string of the molecule is CC(C)(C)OC(=O)C(F)(F)C12CC(B3OC(C)(C)C(C)(C)O3)(C1)C2. The summed E-state index contributed by atoms with van der Waals surface area (Å²) in [5, 5.41) is -0.392. The van der Waals surface area contributed by atoms with Crippen molar-refractivity contribution in [3.05, 3.63) is 0 Å². The molecule has 0 N–H and O–H groups in total. The minimum atomic E-state index is -3.47. The van der Waals surface area contributed by atoms with Crippen molar-refractivity contribution in [2.45, 2.75) is 95.8 Å². The third kappa shape index (κ3) is 2.27. The number of halogens is 2. The molecule has 136 valence electrons. The van der Waals surface area contributed by atoms with Crippen LogP contribution in [0.5, 0.6) is 0 Å². The lowest BCUT2D eigenvalue weighted by molar-refractivity contribution is -0.269. The second-order valence-corrected chi connectivity index (χ2v) is 9.84. The molecule has 24 heavy (non-hydrogen) atoms. The third-order valence-electron chi connectivity index (χ3n) is 6.15. The average molecular weight is 344 g/mol. The van der Waals surface area contributed by atoms with Crippen molar-refractivity contribution >= 4 is 13.1 Å². The Morgan fingerprint density at radius 2 is 1.42 bits per heavy atom. The fourth-order valence-electron chi connectivity index (χ4n) is 4.10. The highest BCUT2D eigenvalue weighted by Crippen LogP contribution is 2.84. The van der Waals surface area contributed by atoms with Gasteiger partial charge in [-0.3, -0.25) is 0 Å². The van der Waals surface area contributed by atoms with Gasteiger partial charge in [-0.05, 0) is 67.7 Å². The van der Waals surface area contributed by atoms with E-state index in [2.05, 4.69) is 0 Å². The molecule has 4 fully saturated rings. The molecule has 4 aliphatic rings. The number of hydrogen-bond donors (Lipinski definition) is 0. The first-order chi connectivity index (χ1) is 10.6. The molecule has 0 unspecified atom stereocenters. The fraction of sp³-hybridized carbons (Fsp3) is 0.941. The molecule has 1 heterocycles. The summed E-state index contributed by atoms with van der Waals surface area (Å²) in [6.07, 6.45) is 0.717. The lowest BCUT2D eigenvalue weighted by atomic mass is 9.23. The smallest absolute Gasteiger partial charge is 0.456 e. The number of esters is 1. The number of hydrogen-bond acceptors (Lipinski definition) is 4. The first-order valence-electron chi connectivity index (χ1n) is 8.53. The molecule has 3 saturated carbocycles. The van der Waals surface area contributed by atoms with Gasteiger partial charge in [-0.25, -0.2) is 4.79 Å². The van der Waals surface area contributed by atoms with Gasteiger partial charge in [0.2, 0.25) is 0 Å². The lowest BCUT2D eigenvalue weighted by Crippen LogP contribution is -2.72. The maximum atomic E-state index is 14.6. The average Bonchev–Trinajstić information content (AvgIpc) is 2.40. The Hall–Kier alpha value is -0.685. The Morgan fingerprint density at radius 1 is 1.00 bits per heavy atom. The van der Waals surface area contributed by atoms with Gasteiger partial charge < -0.3 is 14.0 Å². The van der Waals surface area contributed by atoms with E-state index in [1.807, 2.05) is 27.7 Å². The minimum absolute atomic E-state index is 0.239. The standard InChI is InChI=1S/C17H27BF2O4/c1-12(2,3)22-11(21)17(19,20)15-8-16(9-15,10-15)18-23-13(4,5)14(6,7)24-18/h8-10H2,1-7H3. The predicted molar refractivity (Wildman–Crippen MR) is 85.9 cm³/mol. The molecule has 0 aromatic heterocycles. The molecule has 0 radical (unpaired) electrons. The molecule has 4 rings (SSSR count). The molecule has 0 aromatic rings. The maximum Gasteiger partial charge on any atom is 0.464 e. The highest BCUT2D eigenvalue weighted by Gasteiger charge is 2.84. The first kappa shape index (κ1) is 18.1. The zero-order chi connectivity index (χ0) is 18.4. The van der Waals surface area contributed by atoms with Crippen LogP contribution in [0.1, 0.15) is 67.7 Å². The number of carbonyl (C=O) groups is 1. The maximum absolute atomic E-state index is 14.6. The van der Waals surface area contributed by atoms with Gasteiger partial charge in [0.05, 0.1) is 11.2 Å². The van der Waals surface area contributed by atoms with Gasteiger partial charge in [0.1, 0.15) is 5.60 Å². The second-order valence-electron chi connectivity index (χ2n) is 9.84. The molecule has 0 amide bonds. The van der Waals surface area contributed by atoms with Crippen molar-refractivity contribution in [1.82, 2.24) is 0 Å². The zero-order valence-electron chi connectivity index (χ0n) is 15.6. The summed E-state index contributed by atoms with van der Waals surface area (Å²) in [6, 6.07) is 0. The summed E-state index contributed by atoms with van der Waals surface area (Å²) in [5.74, 6) is -4.89. The van der Waals surface area contributed by atoms with E-state index in [1.54, 1.807) is 20.8 Å². The van der Waals surface area contributed by atoms with Crippen molar-refractivity contribution in [2.24, 2.45) is 5.41 Å². The minimum Gasteiger partial charge on any atom is -0.456 e. The second kappa shape index (κ2) is 4.53. The van der Waals surface area contributed by atoms with Crippen molar-refractivity contribution in [3.8, 4) is 0 Å². The van der Waals surface area contributed by atoms with E-state index in [4.69, 9.17) is 14.0 Å². The van der Waals surface area contributed by atoms with Crippen molar-refractivity contribution in [2.75, 3.05) is 0 Å². The molecule has 0 spiro atoms. The van der Waals surface area contributed by atoms with Gasteiger partial charge in [0.15, 0.2) is 0 Å². The number of ether oxygens (including phenoxy) is 1. The van der Waals surface area contributed by atoms with E-state index in [0.29, 0.717) is 0 Å². The summed E-state index contributed by atoms with van der Waals surface area (Å²) in [7, 11) is -0.487. The molecule has 1 saturated heterocycles. The Labute approximate surface area is 142 Å². The molecular formula is C17H27BF2O4. The van der Waals surface area contributed by atoms with Crippen LogP contribution in [-0.2, 0) is 18.8 Å². The van der Waals surface area contributed by atoms with Crippen LogP contribution in [0.3, 0.4) is 0 Å². The van der Waals surface area contributed by atoms with Crippen LogP contribution in [0, 0.1) is 5.41 Å². The number of rotatable bonds is 3. The van der Waals surface area contributed by atoms with E-state index in [1.165, 1.54) is 0 Å². The van der Waals surface area contributed by atoms with Gasteiger partial charge in [0.25, 0.3) is 0 Å². The number of carbonyl (C=O) groups excluding carboxylic acids is 1. The normalized spacial score (nSPS) is 36.8. The van der Waals surface area contributed by atoms with Gasteiger partial charge in [-0.15, -0.1) is 0 Å².